The molecule has 1 saturated carbocycles. The van der Waals surface area contributed by atoms with Gasteiger partial charge in [-0.3, -0.25) is 0 Å². The Morgan fingerprint density at radius 2 is 1.92 bits per heavy atom. The lowest BCUT2D eigenvalue weighted by molar-refractivity contribution is 0.198. The lowest BCUT2D eigenvalue weighted by Crippen LogP contribution is -2.35. The van der Waals surface area contributed by atoms with Gasteiger partial charge in [0.2, 0.25) is 0 Å². The first kappa shape index (κ1) is 9.47. The monoisotopic (exact) mass is 182 g/mol. The van der Waals surface area contributed by atoms with Crippen molar-refractivity contribution in [3.8, 4) is 0 Å². The lowest BCUT2D eigenvalue weighted by atomic mass is 9.89. The smallest absolute Gasteiger partial charge is 0.0182 e. The van der Waals surface area contributed by atoms with E-state index < -0.39 is 0 Å². The molecule has 0 bridgehead atoms. The zero-order valence-electron chi connectivity index (χ0n) is 8.97. The maximum atomic E-state index is 3.50. The van der Waals surface area contributed by atoms with Gasteiger partial charge in [-0.1, -0.05) is 0 Å². The minimum Gasteiger partial charge on any atom is -0.314 e. The highest BCUT2D eigenvalue weighted by Gasteiger charge is 2.42. The SMILES string of the molecule is CNC1(CC2CCN(C)CC2)CC1. The molecular weight excluding hydrogens is 160 g/mol. The van der Waals surface area contributed by atoms with E-state index in [1.807, 2.05) is 0 Å². The summed E-state index contributed by atoms with van der Waals surface area (Å²) >= 11 is 0. The molecule has 1 N–H and O–H groups in total. The Labute approximate surface area is 81.7 Å². The van der Waals surface area contributed by atoms with Crippen LogP contribution in [0.2, 0.25) is 0 Å². The summed E-state index contributed by atoms with van der Waals surface area (Å²) in [6.45, 7) is 2.62. The standard InChI is InChI=1S/C11H22N2/c1-12-11(5-6-11)9-10-3-7-13(2)8-4-10/h10,12H,3-9H2,1-2H3. The third-order valence-electron chi connectivity index (χ3n) is 3.90. The van der Waals surface area contributed by atoms with Gasteiger partial charge < -0.3 is 10.2 Å². The number of piperidine rings is 1. The average Bonchev–Trinajstić information content (AvgIpc) is 2.90. The summed E-state index contributed by atoms with van der Waals surface area (Å²) in [4.78, 5) is 2.45. The predicted molar refractivity (Wildman–Crippen MR) is 55.9 cm³/mol. The number of nitrogens with one attached hydrogen (secondary N) is 1. The van der Waals surface area contributed by atoms with Crippen LogP contribution in [-0.2, 0) is 0 Å². The average molecular weight is 182 g/mol. The Bertz CT molecular complexity index is 167. The van der Waals surface area contributed by atoms with E-state index in [1.165, 1.54) is 45.2 Å². The van der Waals surface area contributed by atoms with Crippen LogP contribution >= 0.6 is 0 Å². The molecule has 0 amide bonds. The van der Waals surface area contributed by atoms with Gasteiger partial charge in [-0.25, -0.2) is 0 Å². The van der Waals surface area contributed by atoms with Gasteiger partial charge in [0.05, 0.1) is 0 Å². The molecule has 0 unspecified atom stereocenters. The Morgan fingerprint density at radius 1 is 1.31 bits per heavy atom. The normalized spacial score (nSPS) is 29.1. The van der Waals surface area contributed by atoms with Crippen LogP contribution in [0.1, 0.15) is 32.1 Å². The van der Waals surface area contributed by atoms with Crippen LogP contribution < -0.4 is 5.32 Å². The van der Waals surface area contributed by atoms with Gasteiger partial charge in [-0.2, -0.15) is 0 Å². The summed E-state index contributed by atoms with van der Waals surface area (Å²) in [5.41, 5.74) is 0.570. The Hall–Kier alpha value is -0.0800. The van der Waals surface area contributed by atoms with Gasteiger partial charge in [0.25, 0.3) is 0 Å². The highest BCUT2D eigenvalue weighted by atomic mass is 15.1. The maximum Gasteiger partial charge on any atom is 0.0182 e. The molecule has 0 radical (unpaired) electrons. The van der Waals surface area contributed by atoms with Crippen LogP contribution in [0, 0.1) is 5.92 Å². The first-order valence-electron chi connectivity index (χ1n) is 5.62. The van der Waals surface area contributed by atoms with Crippen LogP contribution in [0.25, 0.3) is 0 Å². The molecule has 2 nitrogen and oxygen atoms in total. The molecule has 0 aromatic carbocycles. The first-order chi connectivity index (χ1) is 6.24. The third kappa shape index (κ3) is 2.23. The van der Waals surface area contributed by atoms with Crippen LogP contribution in [-0.4, -0.2) is 37.6 Å². The van der Waals surface area contributed by atoms with Gasteiger partial charge in [0, 0.05) is 5.54 Å². The minimum absolute atomic E-state index is 0.570. The molecule has 76 valence electrons. The van der Waals surface area contributed by atoms with Crippen molar-refractivity contribution in [2.45, 2.75) is 37.6 Å². The molecule has 2 aliphatic rings. The Balaban J connectivity index is 1.76. The number of rotatable bonds is 3. The molecule has 2 fully saturated rings. The van der Waals surface area contributed by atoms with Crippen molar-refractivity contribution in [2.75, 3.05) is 27.2 Å². The molecule has 1 saturated heterocycles. The second-order valence-corrected chi connectivity index (χ2v) is 4.98. The fourth-order valence-electron chi connectivity index (χ4n) is 2.53. The number of likely N-dealkylation sites (tertiary alicyclic amines) is 1. The number of nitrogens with zero attached hydrogens (tertiary/aromatic N) is 1. The van der Waals surface area contributed by atoms with Gasteiger partial charge in [0.1, 0.15) is 0 Å². The summed E-state index contributed by atoms with van der Waals surface area (Å²) in [6.07, 6.45) is 7.09. The van der Waals surface area contributed by atoms with E-state index in [9.17, 15) is 0 Å². The van der Waals surface area contributed by atoms with Crippen molar-refractivity contribution < 1.29 is 0 Å². The summed E-state index contributed by atoms with van der Waals surface area (Å²) in [6, 6.07) is 0. The first-order valence-corrected chi connectivity index (χ1v) is 5.62. The van der Waals surface area contributed by atoms with E-state index in [0.717, 1.165) is 5.92 Å². The molecule has 2 heteroatoms. The number of hydrogen-bond acceptors (Lipinski definition) is 2. The van der Waals surface area contributed by atoms with E-state index in [2.05, 4.69) is 24.3 Å². The van der Waals surface area contributed by atoms with E-state index in [1.54, 1.807) is 0 Å². The van der Waals surface area contributed by atoms with Crippen molar-refractivity contribution >= 4 is 0 Å². The Morgan fingerprint density at radius 3 is 2.38 bits per heavy atom. The molecule has 0 spiro atoms. The highest BCUT2D eigenvalue weighted by Crippen LogP contribution is 2.42. The number of hydrogen-bond donors (Lipinski definition) is 1. The molecular formula is C11H22N2. The fourth-order valence-corrected chi connectivity index (χ4v) is 2.53. The second kappa shape index (κ2) is 3.58. The van der Waals surface area contributed by atoms with E-state index >= 15 is 0 Å². The molecule has 0 aromatic heterocycles. The van der Waals surface area contributed by atoms with E-state index in [0.29, 0.717) is 5.54 Å². The van der Waals surface area contributed by atoms with Crippen molar-refractivity contribution in [1.82, 2.24) is 10.2 Å². The molecule has 1 aliphatic heterocycles. The van der Waals surface area contributed by atoms with Gasteiger partial charge >= 0.3 is 0 Å². The zero-order valence-corrected chi connectivity index (χ0v) is 8.97. The van der Waals surface area contributed by atoms with Crippen molar-refractivity contribution in [3.63, 3.8) is 0 Å². The van der Waals surface area contributed by atoms with Crippen LogP contribution in [0.15, 0.2) is 0 Å². The molecule has 1 heterocycles. The van der Waals surface area contributed by atoms with Crippen LogP contribution in [0.3, 0.4) is 0 Å². The van der Waals surface area contributed by atoms with Crippen molar-refractivity contribution in [2.24, 2.45) is 5.92 Å². The molecule has 1 aliphatic carbocycles. The van der Waals surface area contributed by atoms with E-state index in [4.69, 9.17) is 0 Å². The summed E-state index contributed by atoms with van der Waals surface area (Å²) in [5, 5.41) is 3.50. The van der Waals surface area contributed by atoms with Gasteiger partial charge in [-0.05, 0) is 65.2 Å². The molecule has 2 rings (SSSR count). The summed E-state index contributed by atoms with van der Waals surface area (Å²) in [5.74, 6) is 0.992. The molecule has 0 aromatic rings. The third-order valence-corrected chi connectivity index (χ3v) is 3.90. The van der Waals surface area contributed by atoms with Gasteiger partial charge in [0.15, 0.2) is 0 Å². The topological polar surface area (TPSA) is 15.3 Å². The maximum absolute atomic E-state index is 3.50. The summed E-state index contributed by atoms with van der Waals surface area (Å²) < 4.78 is 0. The van der Waals surface area contributed by atoms with E-state index in [-0.39, 0.29) is 0 Å². The minimum atomic E-state index is 0.570. The Kier molecular flexibility index (Phi) is 2.61. The summed E-state index contributed by atoms with van der Waals surface area (Å²) in [7, 11) is 4.36. The lowest BCUT2D eigenvalue weighted by Gasteiger charge is -2.31. The molecule has 0 atom stereocenters. The quantitative estimate of drug-likeness (QED) is 0.711. The van der Waals surface area contributed by atoms with Crippen molar-refractivity contribution in [3.05, 3.63) is 0 Å². The largest absolute Gasteiger partial charge is 0.314 e. The highest BCUT2D eigenvalue weighted by molar-refractivity contribution is 5.02. The predicted octanol–water partition coefficient (Wildman–Crippen LogP) is 1.47. The second-order valence-electron chi connectivity index (χ2n) is 4.98. The van der Waals surface area contributed by atoms with Gasteiger partial charge in [-0.15, -0.1) is 0 Å². The fraction of sp³-hybridized carbons (Fsp3) is 1.00. The van der Waals surface area contributed by atoms with Crippen LogP contribution in [0.4, 0.5) is 0 Å². The zero-order chi connectivity index (χ0) is 9.31. The van der Waals surface area contributed by atoms with Crippen molar-refractivity contribution in [1.29, 1.82) is 0 Å². The van der Waals surface area contributed by atoms with Crippen LogP contribution in [0.5, 0.6) is 0 Å². The molecule has 13 heavy (non-hydrogen) atoms.